The molecule has 0 saturated carbocycles. The Labute approximate surface area is 182 Å². The molecule has 164 valence electrons. The Balaban J connectivity index is 1.63. The van der Waals surface area contributed by atoms with Gasteiger partial charge in [0.1, 0.15) is 11.8 Å². The van der Waals surface area contributed by atoms with E-state index in [-0.39, 0.29) is 12.0 Å². The van der Waals surface area contributed by atoms with E-state index in [2.05, 4.69) is 10.2 Å². The van der Waals surface area contributed by atoms with Crippen molar-refractivity contribution in [1.29, 1.82) is 0 Å². The minimum atomic E-state index is -0.646. The fraction of sp³-hybridized carbons (Fsp3) is 0.435. The molecule has 0 aliphatic carbocycles. The van der Waals surface area contributed by atoms with E-state index in [1.165, 1.54) is 0 Å². The van der Waals surface area contributed by atoms with E-state index < -0.39 is 5.79 Å². The Bertz CT molecular complexity index is 1040. The van der Waals surface area contributed by atoms with Gasteiger partial charge in [0.05, 0.1) is 36.8 Å². The first-order valence-corrected chi connectivity index (χ1v) is 10.6. The van der Waals surface area contributed by atoms with E-state index >= 15 is 0 Å². The topological polar surface area (TPSA) is 74.4 Å². The Morgan fingerprint density at radius 1 is 1.26 bits per heavy atom. The van der Waals surface area contributed by atoms with Crippen LogP contribution in [0, 0.1) is 6.92 Å². The molecule has 2 aromatic heterocycles. The van der Waals surface area contributed by atoms with Crippen molar-refractivity contribution in [2.24, 2.45) is 0 Å². The van der Waals surface area contributed by atoms with Crippen molar-refractivity contribution in [3.05, 3.63) is 65.7 Å². The fourth-order valence-electron chi connectivity index (χ4n) is 3.89. The molecule has 0 N–H and O–H groups in total. The first-order valence-electron chi connectivity index (χ1n) is 10.6. The second-order valence-electron chi connectivity index (χ2n) is 8.19. The normalized spacial score (nSPS) is 17.7. The maximum absolute atomic E-state index is 13.6. The minimum absolute atomic E-state index is 0.0865. The van der Waals surface area contributed by atoms with Gasteiger partial charge in [-0.15, -0.1) is 0 Å². The van der Waals surface area contributed by atoms with Crippen LogP contribution in [-0.4, -0.2) is 55.4 Å². The van der Waals surface area contributed by atoms with Gasteiger partial charge < -0.3 is 14.4 Å². The summed E-state index contributed by atoms with van der Waals surface area (Å²) in [6, 6.07) is 13.7. The molecule has 0 unspecified atom stereocenters. The molecule has 0 radical (unpaired) electrons. The average Bonchev–Trinajstić information content (AvgIpc) is 3.45. The lowest BCUT2D eigenvalue weighted by Crippen LogP contribution is -2.40. The van der Waals surface area contributed by atoms with Crippen molar-refractivity contribution in [1.82, 2.24) is 24.5 Å². The Morgan fingerprint density at radius 3 is 2.71 bits per heavy atom. The van der Waals surface area contributed by atoms with Gasteiger partial charge in [-0.25, -0.2) is 4.68 Å². The molecular weight excluding hydrogens is 394 g/mol. The highest BCUT2D eigenvalue weighted by molar-refractivity contribution is 5.92. The number of carbonyl (C=O) groups excluding carboxylic acids is 1. The molecule has 1 aromatic carbocycles. The van der Waals surface area contributed by atoms with Gasteiger partial charge in [0.15, 0.2) is 5.79 Å². The van der Waals surface area contributed by atoms with Crippen molar-refractivity contribution in [3.63, 3.8) is 0 Å². The van der Waals surface area contributed by atoms with Crippen molar-refractivity contribution in [2.45, 2.75) is 52.7 Å². The molecule has 8 heteroatoms. The van der Waals surface area contributed by atoms with Crippen LogP contribution in [0.3, 0.4) is 0 Å². The molecule has 1 fully saturated rings. The van der Waals surface area contributed by atoms with E-state index in [4.69, 9.17) is 9.47 Å². The van der Waals surface area contributed by atoms with Crippen LogP contribution in [0.4, 0.5) is 0 Å². The summed E-state index contributed by atoms with van der Waals surface area (Å²) < 4.78 is 15.3. The highest BCUT2D eigenvalue weighted by Crippen LogP contribution is 2.24. The summed E-state index contributed by atoms with van der Waals surface area (Å²) in [6.07, 6.45) is 1.55. The van der Waals surface area contributed by atoms with E-state index in [1.807, 2.05) is 74.8 Å². The fourth-order valence-corrected chi connectivity index (χ4v) is 3.89. The van der Waals surface area contributed by atoms with E-state index in [0.29, 0.717) is 31.9 Å². The number of aryl methyl sites for hydroxylation is 2. The van der Waals surface area contributed by atoms with E-state index in [9.17, 15) is 4.79 Å². The standard InChI is InChI=1S/C23H29N5O3/c1-5-27-21(13-17(2)25-27)22(29)26(15-20-16-30-23(3,4)31-20)14-19-11-12-24-28(19)18-9-7-6-8-10-18/h6-13,20H,5,14-16H2,1-4H3/t20-/m0/s1. The first kappa shape index (κ1) is 21.3. The van der Waals surface area contributed by atoms with E-state index in [1.54, 1.807) is 15.8 Å². The summed E-state index contributed by atoms with van der Waals surface area (Å²) in [5.41, 5.74) is 3.26. The zero-order valence-electron chi connectivity index (χ0n) is 18.5. The van der Waals surface area contributed by atoms with Crippen LogP contribution in [0.25, 0.3) is 5.69 Å². The summed E-state index contributed by atoms with van der Waals surface area (Å²) >= 11 is 0. The number of ether oxygens (including phenoxy) is 2. The minimum Gasteiger partial charge on any atom is -0.348 e. The lowest BCUT2D eigenvalue weighted by Gasteiger charge is -2.26. The summed E-state index contributed by atoms with van der Waals surface area (Å²) in [7, 11) is 0. The lowest BCUT2D eigenvalue weighted by atomic mass is 10.2. The van der Waals surface area contributed by atoms with Crippen LogP contribution in [0.15, 0.2) is 48.7 Å². The zero-order chi connectivity index (χ0) is 22.0. The maximum Gasteiger partial charge on any atom is 0.272 e. The number of benzene rings is 1. The van der Waals surface area contributed by atoms with Gasteiger partial charge in [-0.2, -0.15) is 10.2 Å². The predicted molar refractivity (Wildman–Crippen MR) is 116 cm³/mol. The number of para-hydroxylation sites is 1. The molecule has 1 atom stereocenters. The molecule has 0 bridgehead atoms. The Morgan fingerprint density at radius 2 is 2.03 bits per heavy atom. The molecule has 3 heterocycles. The summed E-state index contributed by atoms with van der Waals surface area (Å²) in [4.78, 5) is 15.4. The Kier molecular flexibility index (Phi) is 5.93. The zero-order valence-corrected chi connectivity index (χ0v) is 18.5. The van der Waals surface area contributed by atoms with Crippen LogP contribution in [0.5, 0.6) is 0 Å². The molecular formula is C23H29N5O3. The van der Waals surface area contributed by atoms with Gasteiger partial charge in [-0.05, 0) is 52.0 Å². The smallest absolute Gasteiger partial charge is 0.272 e. The third-order valence-electron chi connectivity index (χ3n) is 5.27. The largest absolute Gasteiger partial charge is 0.348 e. The van der Waals surface area contributed by atoms with Gasteiger partial charge in [-0.3, -0.25) is 9.48 Å². The monoisotopic (exact) mass is 423 g/mol. The molecule has 4 rings (SSSR count). The molecule has 1 saturated heterocycles. The van der Waals surface area contributed by atoms with Crippen LogP contribution in [-0.2, 0) is 22.6 Å². The molecule has 8 nitrogen and oxygen atoms in total. The van der Waals surface area contributed by atoms with Crippen LogP contribution >= 0.6 is 0 Å². The van der Waals surface area contributed by atoms with E-state index in [0.717, 1.165) is 17.1 Å². The summed E-state index contributed by atoms with van der Waals surface area (Å²) in [5.74, 6) is -0.732. The second-order valence-corrected chi connectivity index (χ2v) is 8.19. The molecule has 1 amide bonds. The Hall–Kier alpha value is -2.97. The summed E-state index contributed by atoms with van der Waals surface area (Å²) in [6.45, 7) is 9.53. The molecule has 31 heavy (non-hydrogen) atoms. The average molecular weight is 424 g/mol. The number of aromatic nitrogens is 4. The molecule has 1 aliphatic heterocycles. The first-order chi connectivity index (χ1) is 14.9. The molecule has 0 spiro atoms. The number of rotatable bonds is 7. The van der Waals surface area contributed by atoms with Crippen molar-refractivity contribution < 1.29 is 14.3 Å². The van der Waals surface area contributed by atoms with Gasteiger partial charge in [0.2, 0.25) is 0 Å². The van der Waals surface area contributed by atoms with Crippen LogP contribution in [0.1, 0.15) is 42.6 Å². The SMILES string of the molecule is CCn1nc(C)cc1C(=O)N(Cc1ccnn1-c1ccccc1)C[C@H]1COC(C)(C)O1. The van der Waals surface area contributed by atoms with Crippen molar-refractivity contribution in [3.8, 4) is 5.69 Å². The number of nitrogens with zero attached hydrogens (tertiary/aromatic N) is 5. The number of carbonyl (C=O) groups is 1. The van der Waals surface area contributed by atoms with Gasteiger partial charge in [-0.1, -0.05) is 18.2 Å². The number of hydrogen-bond donors (Lipinski definition) is 0. The third kappa shape index (κ3) is 4.70. The number of amides is 1. The quantitative estimate of drug-likeness (QED) is 0.583. The second kappa shape index (κ2) is 8.64. The highest BCUT2D eigenvalue weighted by atomic mass is 16.7. The van der Waals surface area contributed by atoms with Crippen LogP contribution in [0.2, 0.25) is 0 Å². The predicted octanol–water partition coefficient (Wildman–Crippen LogP) is 3.19. The maximum atomic E-state index is 13.6. The highest BCUT2D eigenvalue weighted by Gasteiger charge is 2.35. The van der Waals surface area contributed by atoms with Gasteiger partial charge in [0.25, 0.3) is 5.91 Å². The van der Waals surface area contributed by atoms with Gasteiger partial charge in [0, 0.05) is 12.7 Å². The number of hydrogen-bond acceptors (Lipinski definition) is 5. The third-order valence-corrected chi connectivity index (χ3v) is 5.27. The van der Waals surface area contributed by atoms with Gasteiger partial charge >= 0.3 is 0 Å². The lowest BCUT2D eigenvalue weighted by molar-refractivity contribution is -0.139. The van der Waals surface area contributed by atoms with Crippen molar-refractivity contribution in [2.75, 3.05) is 13.2 Å². The molecule has 3 aromatic rings. The van der Waals surface area contributed by atoms with Crippen LogP contribution < -0.4 is 0 Å². The van der Waals surface area contributed by atoms with Crippen molar-refractivity contribution >= 4 is 5.91 Å². The molecule has 1 aliphatic rings. The summed E-state index contributed by atoms with van der Waals surface area (Å²) in [5, 5.41) is 8.91.